The van der Waals surface area contributed by atoms with E-state index in [1.165, 1.54) is 18.2 Å². The molecule has 0 bridgehead atoms. The van der Waals surface area contributed by atoms with Crippen molar-refractivity contribution in [1.82, 2.24) is 20.2 Å². The molecule has 12 heteroatoms. The van der Waals surface area contributed by atoms with E-state index in [2.05, 4.69) is 32.8 Å². The molecular formula is C26H28F3N7O2. The van der Waals surface area contributed by atoms with E-state index in [1.807, 2.05) is 23.1 Å². The van der Waals surface area contributed by atoms with Crippen LogP contribution in [-0.2, 0) is 4.74 Å². The normalized spacial score (nSPS) is 20.3. The molecule has 4 heterocycles. The molecule has 0 amide bonds. The number of aromatic nitrogens is 2. The number of ether oxygens (including phenoxy) is 2. The summed E-state index contributed by atoms with van der Waals surface area (Å²) in [6.07, 6.45) is -1.02. The van der Waals surface area contributed by atoms with Crippen molar-refractivity contribution in [2.24, 2.45) is 0 Å². The highest BCUT2D eigenvalue weighted by Gasteiger charge is 2.32. The third-order valence-electron chi connectivity index (χ3n) is 6.64. The number of hydrogen-bond donors (Lipinski definition) is 1. The van der Waals surface area contributed by atoms with Crippen LogP contribution in [0.1, 0.15) is 6.92 Å². The van der Waals surface area contributed by atoms with Crippen LogP contribution in [0.15, 0.2) is 53.9 Å². The molecule has 1 atom stereocenters. The van der Waals surface area contributed by atoms with Crippen molar-refractivity contribution in [3.8, 4) is 23.1 Å². The van der Waals surface area contributed by atoms with Gasteiger partial charge in [-0.3, -0.25) is 0 Å². The standard InChI is InChI=1S/C26H28F3N7O2/c1-18-17-35(24-20(16-30)5-3-7-31-24)8-9-36(18)23-15-22(32-25(33-23)34-10-12-37-13-11-34)19-4-2-6-21(14-19)38-26(27,28)29/h2-6,14-15,18,31H,7-13,17H2,1H3/t18-/m1/s1. The fraction of sp³-hybridized carbons (Fsp3) is 0.423. The van der Waals surface area contributed by atoms with Gasteiger partial charge >= 0.3 is 6.36 Å². The Bertz CT molecular complexity index is 1270. The Hall–Kier alpha value is -3.98. The molecule has 3 aliphatic heterocycles. The minimum Gasteiger partial charge on any atom is -0.406 e. The van der Waals surface area contributed by atoms with E-state index < -0.39 is 6.36 Å². The summed E-state index contributed by atoms with van der Waals surface area (Å²) < 4.78 is 48.1. The van der Waals surface area contributed by atoms with Crippen LogP contribution in [0.5, 0.6) is 5.75 Å². The number of rotatable bonds is 5. The predicted molar refractivity (Wildman–Crippen MR) is 135 cm³/mol. The Morgan fingerprint density at radius 2 is 1.92 bits per heavy atom. The number of hydrogen-bond acceptors (Lipinski definition) is 9. The summed E-state index contributed by atoms with van der Waals surface area (Å²) in [5, 5.41) is 12.8. The number of dihydropyridines is 1. The van der Waals surface area contributed by atoms with E-state index in [1.54, 1.807) is 6.07 Å². The fourth-order valence-electron chi connectivity index (χ4n) is 4.85. The van der Waals surface area contributed by atoms with Crippen molar-refractivity contribution < 1.29 is 22.6 Å². The van der Waals surface area contributed by atoms with E-state index in [4.69, 9.17) is 14.7 Å². The lowest BCUT2D eigenvalue weighted by atomic mass is 10.1. The second-order valence-corrected chi connectivity index (χ2v) is 9.23. The molecular weight excluding hydrogens is 499 g/mol. The Morgan fingerprint density at radius 1 is 1.11 bits per heavy atom. The molecule has 0 saturated carbocycles. The van der Waals surface area contributed by atoms with Gasteiger partial charge in [0.1, 0.15) is 23.5 Å². The van der Waals surface area contributed by atoms with Gasteiger partial charge in [0.15, 0.2) is 0 Å². The topological polar surface area (TPSA) is 89.8 Å². The molecule has 2 saturated heterocycles. The maximum absolute atomic E-state index is 12.8. The molecule has 1 aromatic heterocycles. The van der Waals surface area contributed by atoms with Crippen LogP contribution in [0.25, 0.3) is 11.3 Å². The van der Waals surface area contributed by atoms with Crippen LogP contribution in [0.3, 0.4) is 0 Å². The highest BCUT2D eigenvalue weighted by Crippen LogP contribution is 2.31. The summed E-state index contributed by atoms with van der Waals surface area (Å²) in [5.74, 6) is 1.73. The Kier molecular flexibility index (Phi) is 7.28. The smallest absolute Gasteiger partial charge is 0.406 e. The number of morpholine rings is 1. The number of alkyl halides is 3. The molecule has 0 spiro atoms. The van der Waals surface area contributed by atoms with Crippen molar-refractivity contribution >= 4 is 11.8 Å². The van der Waals surface area contributed by atoms with Gasteiger partial charge in [0.25, 0.3) is 0 Å². The molecule has 5 rings (SSSR count). The molecule has 38 heavy (non-hydrogen) atoms. The first kappa shape index (κ1) is 25.7. The Morgan fingerprint density at radius 3 is 2.66 bits per heavy atom. The number of piperazine rings is 1. The second-order valence-electron chi connectivity index (χ2n) is 9.23. The van der Waals surface area contributed by atoms with Crippen LogP contribution in [0.4, 0.5) is 24.9 Å². The Balaban J connectivity index is 1.46. The van der Waals surface area contributed by atoms with Crippen molar-refractivity contribution in [3.63, 3.8) is 0 Å². The van der Waals surface area contributed by atoms with Gasteiger partial charge in [-0.1, -0.05) is 18.2 Å². The molecule has 0 aliphatic carbocycles. The van der Waals surface area contributed by atoms with Crippen LogP contribution >= 0.6 is 0 Å². The zero-order valence-electron chi connectivity index (χ0n) is 20.9. The fourth-order valence-corrected chi connectivity index (χ4v) is 4.85. The van der Waals surface area contributed by atoms with E-state index in [0.29, 0.717) is 81.1 Å². The van der Waals surface area contributed by atoms with Gasteiger partial charge in [0, 0.05) is 56.9 Å². The maximum Gasteiger partial charge on any atom is 0.573 e. The van der Waals surface area contributed by atoms with E-state index in [-0.39, 0.29) is 11.8 Å². The number of nitriles is 1. The first-order valence-corrected chi connectivity index (χ1v) is 12.4. The molecule has 0 unspecified atom stereocenters. The number of anilines is 2. The van der Waals surface area contributed by atoms with Gasteiger partial charge in [-0.25, -0.2) is 4.98 Å². The molecule has 1 aromatic carbocycles. The minimum atomic E-state index is -4.78. The first-order chi connectivity index (χ1) is 18.3. The van der Waals surface area contributed by atoms with E-state index >= 15 is 0 Å². The highest BCUT2D eigenvalue weighted by atomic mass is 19.4. The third-order valence-corrected chi connectivity index (χ3v) is 6.64. The van der Waals surface area contributed by atoms with Gasteiger partial charge in [-0.05, 0) is 25.1 Å². The van der Waals surface area contributed by atoms with Crippen LogP contribution in [0.2, 0.25) is 0 Å². The number of allylic oxidation sites excluding steroid dienone is 2. The number of nitrogens with one attached hydrogen (secondary N) is 1. The van der Waals surface area contributed by atoms with Crippen molar-refractivity contribution in [2.45, 2.75) is 19.3 Å². The lowest BCUT2D eigenvalue weighted by Gasteiger charge is -2.43. The minimum absolute atomic E-state index is 0.0454. The van der Waals surface area contributed by atoms with Crippen molar-refractivity contribution in [3.05, 3.63) is 53.9 Å². The average Bonchev–Trinajstić information content (AvgIpc) is 2.92. The summed E-state index contributed by atoms with van der Waals surface area (Å²) in [7, 11) is 0. The molecule has 200 valence electrons. The molecule has 1 N–H and O–H groups in total. The Labute approximate surface area is 218 Å². The van der Waals surface area contributed by atoms with Crippen LogP contribution in [0, 0.1) is 11.3 Å². The molecule has 2 fully saturated rings. The molecule has 9 nitrogen and oxygen atoms in total. The maximum atomic E-state index is 12.8. The lowest BCUT2D eigenvalue weighted by Crippen LogP contribution is -2.54. The van der Waals surface area contributed by atoms with Gasteiger partial charge in [-0.15, -0.1) is 13.2 Å². The summed E-state index contributed by atoms with van der Waals surface area (Å²) in [4.78, 5) is 16.0. The van der Waals surface area contributed by atoms with Crippen molar-refractivity contribution in [2.75, 3.05) is 62.3 Å². The predicted octanol–water partition coefficient (Wildman–Crippen LogP) is 3.28. The zero-order valence-corrected chi connectivity index (χ0v) is 20.9. The number of benzene rings is 1. The third kappa shape index (κ3) is 5.78. The van der Waals surface area contributed by atoms with Gasteiger partial charge in [0.2, 0.25) is 5.95 Å². The summed E-state index contributed by atoms with van der Waals surface area (Å²) in [5.41, 5.74) is 1.61. The van der Waals surface area contributed by atoms with Gasteiger partial charge in [0.05, 0.1) is 24.5 Å². The zero-order chi connectivity index (χ0) is 26.7. The van der Waals surface area contributed by atoms with Gasteiger partial charge < -0.3 is 29.5 Å². The average molecular weight is 528 g/mol. The quantitative estimate of drug-likeness (QED) is 0.629. The van der Waals surface area contributed by atoms with E-state index in [0.717, 1.165) is 5.82 Å². The number of halogens is 3. The monoisotopic (exact) mass is 527 g/mol. The summed E-state index contributed by atoms with van der Waals surface area (Å²) in [6, 6.07) is 9.93. The molecule has 0 radical (unpaired) electrons. The van der Waals surface area contributed by atoms with Crippen molar-refractivity contribution in [1.29, 1.82) is 5.26 Å². The van der Waals surface area contributed by atoms with Gasteiger partial charge in [-0.2, -0.15) is 10.2 Å². The SMILES string of the molecule is C[C@@H]1CN(C2=C(C#N)C=CCN2)CCN1c1cc(-c2cccc(OC(F)(F)F)c2)nc(N2CCOCC2)n1. The largest absolute Gasteiger partial charge is 0.573 e. The lowest BCUT2D eigenvalue weighted by molar-refractivity contribution is -0.274. The van der Waals surface area contributed by atoms with Crippen LogP contribution in [-0.4, -0.2) is 79.8 Å². The van der Waals surface area contributed by atoms with E-state index in [9.17, 15) is 18.4 Å². The summed E-state index contributed by atoms with van der Waals surface area (Å²) in [6.45, 7) is 7.08. The highest BCUT2D eigenvalue weighted by molar-refractivity contribution is 5.67. The number of nitrogens with zero attached hydrogens (tertiary/aromatic N) is 6. The molecule has 2 aromatic rings. The van der Waals surface area contributed by atoms with Crippen LogP contribution < -0.4 is 19.9 Å². The first-order valence-electron chi connectivity index (χ1n) is 12.4. The second kappa shape index (κ2) is 10.8. The molecule has 3 aliphatic rings. The summed E-state index contributed by atoms with van der Waals surface area (Å²) >= 11 is 0.